The molecule has 1 heterocycles. The summed E-state index contributed by atoms with van der Waals surface area (Å²) in [7, 11) is -6.66. The van der Waals surface area contributed by atoms with Crippen LogP contribution < -0.4 is 0 Å². The maximum absolute atomic E-state index is 11.5. The summed E-state index contributed by atoms with van der Waals surface area (Å²) in [4.78, 5) is -0.301. The first-order valence-electron chi connectivity index (χ1n) is 3.71. The number of rotatable bonds is 0. The number of sulfonamides is 2. The summed E-state index contributed by atoms with van der Waals surface area (Å²) >= 11 is 0. The van der Waals surface area contributed by atoms with Crippen molar-refractivity contribution in [3.05, 3.63) is 24.3 Å². The van der Waals surface area contributed by atoms with Crippen molar-refractivity contribution in [2.45, 2.75) is 9.79 Å². The van der Waals surface area contributed by atoms with E-state index in [-0.39, 0.29) is 9.79 Å². The number of fused-ring (bicyclic) bond motifs is 1. The normalized spacial score (nSPS) is 23.2. The third-order valence-corrected chi connectivity index (χ3v) is 6.57. The summed E-state index contributed by atoms with van der Waals surface area (Å²) in [5.41, 5.74) is 0. The predicted molar refractivity (Wildman–Crippen MR) is 48.6 cm³/mol. The maximum Gasteiger partial charge on any atom is 0.257 e. The van der Waals surface area contributed by atoms with E-state index >= 15 is 0 Å². The summed E-state index contributed by atoms with van der Waals surface area (Å²) in [5.74, 6) is 0. The van der Waals surface area contributed by atoms with Gasteiger partial charge < -0.3 is 0 Å². The van der Waals surface area contributed by atoms with E-state index < -0.39 is 20.0 Å². The van der Waals surface area contributed by atoms with Crippen LogP contribution in [0.1, 0.15) is 0 Å². The molecule has 0 N–H and O–H groups in total. The van der Waals surface area contributed by atoms with E-state index in [1.165, 1.54) is 24.3 Å². The minimum atomic E-state index is -3.85. The first kappa shape index (κ1) is 9.63. The molecular formula is C7H7NO4S2. The van der Waals surface area contributed by atoms with Crippen molar-refractivity contribution in [3.63, 3.8) is 0 Å². The molecule has 76 valence electrons. The molecular weight excluding hydrogens is 226 g/mol. The summed E-state index contributed by atoms with van der Waals surface area (Å²) < 4.78 is 46.6. The Morgan fingerprint density at radius 3 is 1.64 bits per heavy atom. The predicted octanol–water partition coefficient (Wildman–Crippen LogP) is 0.00940. The van der Waals surface area contributed by atoms with Crippen molar-refractivity contribution < 1.29 is 16.8 Å². The molecule has 1 aromatic carbocycles. The second kappa shape index (κ2) is 2.56. The quantitative estimate of drug-likeness (QED) is 0.633. The van der Waals surface area contributed by atoms with Crippen molar-refractivity contribution in [1.82, 2.24) is 3.71 Å². The van der Waals surface area contributed by atoms with Crippen LogP contribution >= 0.6 is 0 Å². The van der Waals surface area contributed by atoms with Gasteiger partial charge in [-0.15, -0.1) is 0 Å². The zero-order valence-electron chi connectivity index (χ0n) is 7.21. The standard InChI is InChI=1S/C7H7NO4S2/c1-8-13(9,10)6-4-2-3-5-7(6)14(8,11)12/h2-5H,1H3. The SMILES string of the molecule is CN1S(=O)(=O)c2ccccc2S1(=O)=O. The monoisotopic (exact) mass is 233 g/mol. The van der Waals surface area contributed by atoms with Crippen LogP contribution in [0.5, 0.6) is 0 Å². The lowest BCUT2D eigenvalue weighted by Crippen LogP contribution is -2.25. The number of hydrogen-bond donors (Lipinski definition) is 0. The van der Waals surface area contributed by atoms with Gasteiger partial charge in [-0.2, -0.15) is 0 Å². The Morgan fingerprint density at radius 2 is 1.29 bits per heavy atom. The highest BCUT2D eigenvalue weighted by molar-refractivity contribution is 8.06. The van der Waals surface area contributed by atoms with E-state index in [0.29, 0.717) is 3.71 Å². The molecule has 14 heavy (non-hydrogen) atoms. The van der Waals surface area contributed by atoms with E-state index in [1.807, 2.05) is 0 Å². The van der Waals surface area contributed by atoms with Gasteiger partial charge in [-0.3, -0.25) is 0 Å². The van der Waals surface area contributed by atoms with Gasteiger partial charge in [0.15, 0.2) is 0 Å². The van der Waals surface area contributed by atoms with Gasteiger partial charge >= 0.3 is 0 Å². The fourth-order valence-corrected chi connectivity index (χ4v) is 5.13. The summed E-state index contributed by atoms with van der Waals surface area (Å²) in [6.45, 7) is 0. The van der Waals surface area contributed by atoms with Crippen LogP contribution in [-0.2, 0) is 20.0 Å². The number of hydrogen-bond acceptors (Lipinski definition) is 4. The molecule has 0 saturated heterocycles. The van der Waals surface area contributed by atoms with Crippen LogP contribution in [0, 0.1) is 0 Å². The molecule has 7 heteroatoms. The van der Waals surface area contributed by atoms with Gasteiger partial charge in [-0.1, -0.05) is 15.8 Å². The smallest absolute Gasteiger partial charge is 0.206 e. The average molecular weight is 233 g/mol. The van der Waals surface area contributed by atoms with Crippen LogP contribution in [-0.4, -0.2) is 27.6 Å². The van der Waals surface area contributed by atoms with Crippen LogP contribution in [0.2, 0.25) is 0 Å². The van der Waals surface area contributed by atoms with Crippen LogP contribution in [0.4, 0.5) is 0 Å². The zero-order chi connectivity index (χ0) is 10.6. The van der Waals surface area contributed by atoms with Gasteiger partial charge in [0.2, 0.25) is 0 Å². The lowest BCUT2D eigenvalue weighted by atomic mass is 10.4. The molecule has 1 aliphatic heterocycles. The molecule has 0 spiro atoms. The van der Waals surface area contributed by atoms with Crippen LogP contribution in [0.3, 0.4) is 0 Å². The van der Waals surface area contributed by atoms with Gasteiger partial charge in [0.25, 0.3) is 20.0 Å². The Labute approximate surface area is 82.1 Å². The molecule has 0 atom stereocenters. The molecule has 0 fully saturated rings. The van der Waals surface area contributed by atoms with Gasteiger partial charge in [0.1, 0.15) is 9.79 Å². The molecule has 0 saturated carbocycles. The molecule has 0 amide bonds. The first-order valence-corrected chi connectivity index (χ1v) is 6.59. The molecule has 2 rings (SSSR count). The number of benzene rings is 1. The molecule has 0 aromatic heterocycles. The Kier molecular flexibility index (Phi) is 1.76. The van der Waals surface area contributed by atoms with Gasteiger partial charge in [-0.05, 0) is 12.1 Å². The molecule has 0 bridgehead atoms. The second-order valence-electron chi connectivity index (χ2n) is 2.84. The molecule has 5 nitrogen and oxygen atoms in total. The highest BCUT2D eigenvalue weighted by Crippen LogP contribution is 2.34. The summed E-state index contributed by atoms with van der Waals surface area (Å²) in [6.07, 6.45) is 0. The Balaban J connectivity index is 2.98. The van der Waals surface area contributed by atoms with E-state index in [1.54, 1.807) is 0 Å². The summed E-state index contributed by atoms with van der Waals surface area (Å²) in [5, 5.41) is 0. The van der Waals surface area contributed by atoms with Gasteiger partial charge in [0.05, 0.1) is 0 Å². The van der Waals surface area contributed by atoms with Crippen molar-refractivity contribution in [3.8, 4) is 0 Å². The van der Waals surface area contributed by atoms with Crippen molar-refractivity contribution >= 4 is 20.0 Å². The topological polar surface area (TPSA) is 71.5 Å². The maximum atomic E-state index is 11.5. The molecule has 0 unspecified atom stereocenters. The third-order valence-electron chi connectivity index (χ3n) is 2.08. The Bertz CT molecular complexity index is 535. The molecule has 0 aliphatic carbocycles. The lowest BCUT2D eigenvalue weighted by molar-refractivity contribution is 0.538. The molecule has 0 radical (unpaired) electrons. The second-order valence-corrected chi connectivity index (χ2v) is 6.94. The number of nitrogens with zero attached hydrogens (tertiary/aromatic N) is 1. The van der Waals surface area contributed by atoms with Gasteiger partial charge in [0, 0.05) is 7.05 Å². The average Bonchev–Trinajstić information content (AvgIpc) is 2.28. The van der Waals surface area contributed by atoms with Crippen molar-refractivity contribution in [2.75, 3.05) is 7.05 Å². The molecule has 1 aromatic rings. The van der Waals surface area contributed by atoms with Crippen LogP contribution in [0.15, 0.2) is 34.1 Å². The molecule has 1 aliphatic rings. The minimum absolute atomic E-state index is 0.150. The van der Waals surface area contributed by atoms with Gasteiger partial charge in [-0.25, -0.2) is 16.8 Å². The minimum Gasteiger partial charge on any atom is -0.206 e. The van der Waals surface area contributed by atoms with Crippen molar-refractivity contribution in [2.24, 2.45) is 0 Å². The largest absolute Gasteiger partial charge is 0.257 e. The third kappa shape index (κ3) is 0.969. The Hall–Kier alpha value is -0.920. The first-order chi connectivity index (χ1) is 6.38. The Morgan fingerprint density at radius 1 is 0.929 bits per heavy atom. The highest BCUT2D eigenvalue weighted by Gasteiger charge is 2.44. The van der Waals surface area contributed by atoms with E-state index in [2.05, 4.69) is 0 Å². The van der Waals surface area contributed by atoms with Crippen LogP contribution in [0.25, 0.3) is 0 Å². The fourth-order valence-electron chi connectivity index (χ4n) is 1.28. The van der Waals surface area contributed by atoms with E-state index in [4.69, 9.17) is 0 Å². The zero-order valence-corrected chi connectivity index (χ0v) is 8.84. The summed E-state index contributed by atoms with van der Waals surface area (Å²) in [6, 6.07) is 5.55. The van der Waals surface area contributed by atoms with E-state index in [0.717, 1.165) is 7.05 Å². The lowest BCUT2D eigenvalue weighted by Gasteiger charge is -2.04. The van der Waals surface area contributed by atoms with E-state index in [9.17, 15) is 16.8 Å². The highest BCUT2D eigenvalue weighted by atomic mass is 32.3. The van der Waals surface area contributed by atoms with Crippen molar-refractivity contribution in [1.29, 1.82) is 0 Å². The fraction of sp³-hybridized carbons (Fsp3) is 0.143.